The second-order valence-electron chi connectivity index (χ2n) is 7.85. The molecule has 0 N–H and O–H groups in total. The number of rotatable bonds is 8. The number of hydroxylamine groups is 2. The fraction of sp³-hybridized carbons (Fsp3) is 0.667. The van der Waals surface area contributed by atoms with Crippen molar-refractivity contribution in [2.45, 2.75) is 58.2 Å². The van der Waals surface area contributed by atoms with Crippen molar-refractivity contribution >= 4 is 5.91 Å². The molecule has 1 aliphatic heterocycles. The number of nitrogens with zero attached hydrogens (tertiary/aromatic N) is 1. The van der Waals surface area contributed by atoms with E-state index in [9.17, 15) is 4.79 Å². The lowest BCUT2D eigenvalue weighted by Crippen LogP contribution is -2.26. The minimum Gasteiger partial charge on any atom is -0.493 e. The van der Waals surface area contributed by atoms with E-state index < -0.39 is 0 Å². The number of carbonyl (C=O) groups is 1. The van der Waals surface area contributed by atoms with E-state index >= 15 is 0 Å². The fourth-order valence-electron chi connectivity index (χ4n) is 2.81. The summed E-state index contributed by atoms with van der Waals surface area (Å²) in [6, 6.07) is 5.65. The molecule has 1 heterocycles. The number of carbonyl (C=O) groups excluding carboxylic acids is 1. The summed E-state index contributed by atoms with van der Waals surface area (Å²) in [6.45, 7) is 8.23. The molecular formula is C21H33NO5. The third kappa shape index (κ3) is 6.79. The standard InChI is InChI=1S/C21H33NO5/c1-21(2,3)17-13-16(20(23)22(4)24-5)14-18(15-17)25-11-8-12-27-19-9-6-7-10-26-19/h13-15,19H,6-12H2,1-5H3. The molecule has 6 nitrogen and oxygen atoms in total. The molecule has 1 atom stereocenters. The average Bonchev–Trinajstić information content (AvgIpc) is 2.66. The Morgan fingerprint density at radius 2 is 2.00 bits per heavy atom. The molecule has 1 saturated heterocycles. The van der Waals surface area contributed by atoms with Crippen molar-refractivity contribution in [2.75, 3.05) is 34.0 Å². The Bertz CT molecular complexity index is 605. The number of ether oxygens (including phenoxy) is 3. The van der Waals surface area contributed by atoms with Crippen molar-refractivity contribution in [1.82, 2.24) is 5.06 Å². The zero-order valence-electron chi connectivity index (χ0n) is 17.2. The van der Waals surface area contributed by atoms with Gasteiger partial charge in [-0.25, -0.2) is 5.06 Å². The van der Waals surface area contributed by atoms with Gasteiger partial charge in [0.1, 0.15) is 5.75 Å². The summed E-state index contributed by atoms with van der Waals surface area (Å²) in [5.41, 5.74) is 1.50. The first-order valence-corrected chi connectivity index (χ1v) is 9.65. The minimum atomic E-state index is -0.203. The normalized spacial score (nSPS) is 17.6. The van der Waals surface area contributed by atoms with Gasteiger partial charge in [0.2, 0.25) is 0 Å². The van der Waals surface area contributed by atoms with Gasteiger partial charge in [0.05, 0.1) is 20.3 Å². The smallest absolute Gasteiger partial charge is 0.277 e. The molecule has 6 heteroatoms. The molecule has 0 aromatic heterocycles. The first-order valence-electron chi connectivity index (χ1n) is 9.65. The van der Waals surface area contributed by atoms with Crippen molar-refractivity contribution in [3.8, 4) is 5.75 Å². The summed E-state index contributed by atoms with van der Waals surface area (Å²) in [6.07, 6.45) is 3.94. The molecule has 0 bridgehead atoms. The van der Waals surface area contributed by atoms with Crippen LogP contribution in [0.2, 0.25) is 0 Å². The summed E-state index contributed by atoms with van der Waals surface area (Å²) >= 11 is 0. The largest absolute Gasteiger partial charge is 0.493 e. The first-order chi connectivity index (χ1) is 12.8. The number of hydrogen-bond donors (Lipinski definition) is 0. The van der Waals surface area contributed by atoms with Gasteiger partial charge in [-0.05, 0) is 48.4 Å². The van der Waals surface area contributed by atoms with Crippen LogP contribution in [-0.4, -0.2) is 51.2 Å². The fourth-order valence-corrected chi connectivity index (χ4v) is 2.81. The van der Waals surface area contributed by atoms with Gasteiger partial charge in [0.15, 0.2) is 6.29 Å². The van der Waals surface area contributed by atoms with E-state index in [1.54, 1.807) is 13.1 Å². The van der Waals surface area contributed by atoms with E-state index in [4.69, 9.17) is 19.0 Å². The zero-order chi connectivity index (χ0) is 19.9. The van der Waals surface area contributed by atoms with E-state index in [1.807, 2.05) is 12.1 Å². The Hall–Kier alpha value is -1.63. The van der Waals surface area contributed by atoms with Gasteiger partial charge in [-0.3, -0.25) is 9.63 Å². The van der Waals surface area contributed by atoms with Crippen LogP contribution in [0.1, 0.15) is 62.4 Å². The Morgan fingerprint density at radius 3 is 2.63 bits per heavy atom. The number of hydrogen-bond acceptors (Lipinski definition) is 5. The topological polar surface area (TPSA) is 57.2 Å². The molecule has 1 aromatic rings. The van der Waals surface area contributed by atoms with Gasteiger partial charge in [0, 0.05) is 25.6 Å². The Morgan fingerprint density at radius 1 is 1.22 bits per heavy atom. The molecule has 0 saturated carbocycles. The number of amides is 1. The maximum atomic E-state index is 12.5. The highest BCUT2D eigenvalue weighted by atomic mass is 16.7. The van der Waals surface area contributed by atoms with Gasteiger partial charge in [0.25, 0.3) is 5.91 Å². The highest BCUT2D eigenvalue weighted by Gasteiger charge is 2.20. The second kappa shape index (κ2) is 10.1. The van der Waals surface area contributed by atoms with Crippen LogP contribution in [0.4, 0.5) is 0 Å². The maximum Gasteiger partial charge on any atom is 0.277 e. The second-order valence-corrected chi connectivity index (χ2v) is 7.85. The quantitative estimate of drug-likeness (QED) is 0.506. The van der Waals surface area contributed by atoms with Crippen LogP contribution in [-0.2, 0) is 19.7 Å². The van der Waals surface area contributed by atoms with Crippen LogP contribution in [0.3, 0.4) is 0 Å². The van der Waals surface area contributed by atoms with Crippen molar-refractivity contribution in [3.63, 3.8) is 0 Å². The molecule has 27 heavy (non-hydrogen) atoms. The molecule has 152 valence electrons. The van der Waals surface area contributed by atoms with Gasteiger partial charge in [-0.2, -0.15) is 0 Å². The predicted octanol–water partition coefficient (Wildman–Crippen LogP) is 3.93. The van der Waals surface area contributed by atoms with E-state index in [1.165, 1.54) is 12.2 Å². The lowest BCUT2D eigenvalue weighted by molar-refractivity contribution is -0.163. The van der Waals surface area contributed by atoms with Crippen LogP contribution in [0.25, 0.3) is 0 Å². The van der Waals surface area contributed by atoms with E-state index in [0.717, 1.165) is 37.9 Å². The molecule has 1 amide bonds. The van der Waals surface area contributed by atoms with Crippen molar-refractivity contribution < 1.29 is 23.8 Å². The summed E-state index contributed by atoms with van der Waals surface area (Å²) in [5.74, 6) is 0.482. The molecule has 1 aromatic carbocycles. The molecule has 1 aliphatic rings. The monoisotopic (exact) mass is 379 g/mol. The Labute approximate surface area is 162 Å². The van der Waals surface area contributed by atoms with Crippen LogP contribution in [0, 0.1) is 0 Å². The third-order valence-corrected chi connectivity index (χ3v) is 4.58. The van der Waals surface area contributed by atoms with Gasteiger partial charge >= 0.3 is 0 Å². The molecule has 0 aliphatic carbocycles. The lowest BCUT2D eigenvalue weighted by Gasteiger charge is -2.23. The first kappa shape index (κ1) is 21.7. The lowest BCUT2D eigenvalue weighted by atomic mass is 9.86. The summed E-state index contributed by atoms with van der Waals surface area (Å²) in [4.78, 5) is 17.5. The van der Waals surface area contributed by atoms with Crippen LogP contribution in [0.15, 0.2) is 18.2 Å². The summed E-state index contributed by atoms with van der Waals surface area (Å²) < 4.78 is 17.2. The molecular weight excluding hydrogens is 346 g/mol. The highest BCUT2D eigenvalue weighted by Crippen LogP contribution is 2.28. The van der Waals surface area contributed by atoms with Crippen LogP contribution < -0.4 is 4.74 Å². The van der Waals surface area contributed by atoms with Crippen molar-refractivity contribution in [2.24, 2.45) is 0 Å². The molecule has 2 rings (SSSR count). The van der Waals surface area contributed by atoms with E-state index in [-0.39, 0.29) is 17.6 Å². The van der Waals surface area contributed by atoms with Crippen LogP contribution >= 0.6 is 0 Å². The van der Waals surface area contributed by atoms with Gasteiger partial charge in [-0.15, -0.1) is 0 Å². The maximum absolute atomic E-state index is 12.5. The third-order valence-electron chi connectivity index (χ3n) is 4.58. The van der Waals surface area contributed by atoms with Gasteiger partial charge < -0.3 is 14.2 Å². The van der Waals surface area contributed by atoms with Crippen molar-refractivity contribution in [3.05, 3.63) is 29.3 Å². The molecule has 1 fully saturated rings. The average molecular weight is 379 g/mol. The summed E-state index contributed by atoms with van der Waals surface area (Å²) in [5, 5.41) is 1.21. The molecule has 0 radical (unpaired) electrons. The zero-order valence-corrected chi connectivity index (χ0v) is 17.2. The predicted molar refractivity (Wildman–Crippen MR) is 104 cm³/mol. The highest BCUT2D eigenvalue weighted by molar-refractivity contribution is 5.94. The molecule has 0 spiro atoms. The van der Waals surface area contributed by atoms with E-state index in [2.05, 4.69) is 20.8 Å². The summed E-state index contributed by atoms with van der Waals surface area (Å²) in [7, 11) is 3.07. The SMILES string of the molecule is CON(C)C(=O)c1cc(OCCCOC2CCCCO2)cc(C(C)(C)C)c1. The Balaban J connectivity index is 1.94. The van der Waals surface area contributed by atoms with Crippen molar-refractivity contribution in [1.29, 1.82) is 0 Å². The Kier molecular flexibility index (Phi) is 8.07. The number of benzene rings is 1. The minimum absolute atomic E-state index is 0.0724. The van der Waals surface area contributed by atoms with E-state index in [0.29, 0.717) is 24.5 Å². The molecule has 1 unspecified atom stereocenters. The van der Waals surface area contributed by atoms with Crippen LogP contribution in [0.5, 0.6) is 5.75 Å². The van der Waals surface area contributed by atoms with Gasteiger partial charge in [-0.1, -0.05) is 20.8 Å².